The van der Waals surface area contributed by atoms with Crippen molar-refractivity contribution >= 4 is 48.6 Å². The van der Waals surface area contributed by atoms with Crippen molar-refractivity contribution in [2.45, 2.75) is 10.8 Å². The molecule has 64 heavy (non-hydrogen) atoms. The molecule has 14 rings (SSSR count). The molecular weight excluding hydrogens is 791 g/mol. The minimum atomic E-state index is -0.522. The number of fused-ring (bicyclic) bond motifs is 16. The van der Waals surface area contributed by atoms with E-state index in [0.29, 0.717) is 0 Å². The summed E-state index contributed by atoms with van der Waals surface area (Å²) in [7, 11) is 0. The SMILES string of the molecule is c1ccc(C2(c3ccccc3)c3ccccc3-c3ccc(N(c4ccc5c(c4)-c4ccccc4C54c5ccccc5-c5ccccc54)c4cccc5c4sc4ccccc45)cc32)cc1. The summed E-state index contributed by atoms with van der Waals surface area (Å²) in [6.07, 6.45) is 0. The Labute approximate surface area is 376 Å². The Hall–Kier alpha value is -7.78. The predicted octanol–water partition coefficient (Wildman–Crippen LogP) is 16.2. The van der Waals surface area contributed by atoms with Gasteiger partial charge in [-0.15, -0.1) is 11.3 Å². The smallest absolute Gasteiger partial charge is 0.0725 e. The summed E-state index contributed by atoms with van der Waals surface area (Å²) in [6.45, 7) is 0. The van der Waals surface area contributed by atoms with E-state index in [9.17, 15) is 0 Å². The second-order valence-electron chi connectivity index (χ2n) is 17.5. The van der Waals surface area contributed by atoms with Crippen molar-refractivity contribution in [3.05, 3.63) is 281 Å². The van der Waals surface area contributed by atoms with Crippen LogP contribution < -0.4 is 4.90 Å². The van der Waals surface area contributed by atoms with Crippen LogP contribution in [0.5, 0.6) is 0 Å². The van der Waals surface area contributed by atoms with Gasteiger partial charge in [0.25, 0.3) is 0 Å². The van der Waals surface area contributed by atoms with E-state index in [0.717, 1.165) is 11.4 Å². The zero-order valence-corrected chi connectivity index (χ0v) is 35.7. The molecule has 1 nitrogen and oxygen atoms in total. The summed E-state index contributed by atoms with van der Waals surface area (Å²) in [5, 5.41) is 2.58. The molecule has 1 spiro atoms. The summed E-state index contributed by atoms with van der Waals surface area (Å²) < 4.78 is 2.57. The van der Waals surface area contributed by atoms with Crippen LogP contribution in [0.15, 0.2) is 237 Å². The van der Waals surface area contributed by atoms with Gasteiger partial charge in [0.2, 0.25) is 0 Å². The van der Waals surface area contributed by atoms with Crippen molar-refractivity contribution in [1.29, 1.82) is 0 Å². The first-order chi connectivity index (χ1) is 31.8. The number of thiophene rings is 1. The lowest BCUT2D eigenvalue weighted by atomic mass is 9.67. The number of anilines is 3. The minimum absolute atomic E-state index is 0.404. The van der Waals surface area contributed by atoms with Crippen LogP contribution in [0, 0.1) is 0 Å². The van der Waals surface area contributed by atoms with Crippen LogP contribution in [0.1, 0.15) is 44.5 Å². The summed E-state index contributed by atoms with van der Waals surface area (Å²) >= 11 is 1.89. The second kappa shape index (κ2) is 13.4. The van der Waals surface area contributed by atoms with E-state index in [2.05, 4.69) is 241 Å². The third-order valence-corrected chi connectivity index (χ3v) is 15.8. The van der Waals surface area contributed by atoms with E-state index >= 15 is 0 Å². The highest BCUT2D eigenvalue weighted by molar-refractivity contribution is 7.26. The molecule has 0 unspecified atom stereocenters. The molecule has 0 aliphatic heterocycles. The van der Waals surface area contributed by atoms with Crippen LogP contribution in [0.25, 0.3) is 53.6 Å². The maximum Gasteiger partial charge on any atom is 0.0725 e. The third-order valence-electron chi connectivity index (χ3n) is 14.6. The largest absolute Gasteiger partial charge is 0.309 e. The normalized spacial score (nSPS) is 14.2. The molecule has 0 N–H and O–H groups in total. The highest BCUT2D eigenvalue weighted by Crippen LogP contribution is 2.64. The predicted molar refractivity (Wildman–Crippen MR) is 268 cm³/mol. The van der Waals surface area contributed by atoms with E-state index in [1.165, 1.54) is 104 Å². The number of nitrogens with zero attached hydrogens (tertiary/aromatic N) is 1. The highest BCUT2D eigenvalue weighted by Gasteiger charge is 2.52. The molecule has 0 fully saturated rings. The molecule has 1 heterocycles. The zero-order chi connectivity index (χ0) is 42.0. The fourth-order valence-corrected chi connectivity index (χ4v) is 13.3. The molecule has 0 bridgehead atoms. The molecule has 0 saturated carbocycles. The van der Waals surface area contributed by atoms with Crippen LogP contribution in [0.4, 0.5) is 17.1 Å². The Kier molecular flexibility index (Phi) is 7.47. The molecule has 2 heteroatoms. The molecule has 0 amide bonds. The van der Waals surface area contributed by atoms with E-state index in [4.69, 9.17) is 0 Å². The van der Waals surface area contributed by atoms with Crippen LogP contribution in [-0.4, -0.2) is 0 Å². The van der Waals surface area contributed by atoms with Gasteiger partial charge < -0.3 is 4.90 Å². The van der Waals surface area contributed by atoms with Gasteiger partial charge in [-0.05, 0) is 114 Å². The van der Waals surface area contributed by atoms with Crippen molar-refractivity contribution in [3.8, 4) is 33.4 Å². The first-order valence-corrected chi connectivity index (χ1v) is 23.1. The number of benzene rings is 10. The average molecular weight is 830 g/mol. The van der Waals surface area contributed by atoms with Crippen molar-refractivity contribution in [1.82, 2.24) is 0 Å². The van der Waals surface area contributed by atoms with Crippen molar-refractivity contribution in [2.75, 3.05) is 4.90 Å². The Balaban J connectivity index is 1.06. The van der Waals surface area contributed by atoms with E-state index in [-0.39, 0.29) is 0 Å². The van der Waals surface area contributed by atoms with Crippen molar-refractivity contribution in [3.63, 3.8) is 0 Å². The van der Waals surface area contributed by atoms with E-state index in [1.807, 2.05) is 11.3 Å². The summed E-state index contributed by atoms with van der Waals surface area (Å²) in [6, 6.07) is 88.9. The van der Waals surface area contributed by atoms with Crippen LogP contribution in [0.2, 0.25) is 0 Å². The van der Waals surface area contributed by atoms with Crippen molar-refractivity contribution < 1.29 is 0 Å². The molecule has 11 aromatic rings. The zero-order valence-electron chi connectivity index (χ0n) is 34.9. The molecule has 0 saturated heterocycles. The van der Waals surface area contributed by atoms with Gasteiger partial charge in [-0.25, -0.2) is 0 Å². The molecule has 1 aromatic heterocycles. The Bertz CT molecular complexity index is 3610. The number of hydrogen-bond donors (Lipinski definition) is 0. The van der Waals surface area contributed by atoms with Gasteiger partial charge >= 0.3 is 0 Å². The molecule has 3 aliphatic rings. The summed E-state index contributed by atoms with van der Waals surface area (Å²) in [5.41, 5.74) is 20.8. The molecule has 3 aliphatic carbocycles. The fourth-order valence-electron chi connectivity index (χ4n) is 12.1. The summed E-state index contributed by atoms with van der Waals surface area (Å²) in [5.74, 6) is 0. The Morgan fingerprint density at radius 1 is 0.297 bits per heavy atom. The first kappa shape index (κ1) is 35.8. The van der Waals surface area contributed by atoms with Crippen molar-refractivity contribution in [2.24, 2.45) is 0 Å². The van der Waals surface area contributed by atoms with Gasteiger partial charge in [-0.1, -0.05) is 200 Å². The maximum absolute atomic E-state index is 2.55. The minimum Gasteiger partial charge on any atom is -0.309 e. The monoisotopic (exact) mass is 829 g/mol. The maximum atomic E-state index is 2.55. The molecule has 0 atom stereocenters. The lowest BCUT2D eigenvalue weighted by molar-refractivity contribution is 0.768. The lowest BCUT2D eigenvalue weighted by Crippen LogP contribution is -2.28. The van der Waals surface area contributed by atoms with E-state index < -0.39 is 10.8 Å². The second-order valence-corrected chi connectivity index (χ2v) is 18.5. The molecular formula is C62H39NS. The van der Waals surface area contributed by atoms with Gasteiger partial charge in [-0.2, -0.15) is 0 Å². The van der Waals surface area contributed by atoms with Gasteiger partial charge in [-0.3, -0.25) is 0 Å². The number of hydrogen-bond acceptors (Lipinski definition) is 2. The Morgan fingerprint density at radius 3 is 1.38 bits per heavy atom. The molecule has 0 radical (unpaired) electrons. The van der Waals surface area contributed by atoms with Gasteiger partial charge in [0.1, 0.15) is 0 Å². The average Bonchev–Trinajstić information content (AvgIpc) is 4.08. The Morgan fingerprint density at radius 2 is 0.750 bits per heavy atom. The molecule has 10 aromatic carbocycles. The summed E-state index contributed by atoms with van der Waals surface area (Å²) in [4.78, 5) is 2.55. The highest BCUT2D eigenvalue weighted by atomic mass is 32.1. The fraction of sp³-hybridized carbons (Fsp3) is 0.0323. The topological polar surface area (TPSA) is 3.24 Å². The van der Waals surface area contributed by atoms with Gasteiger partial charge in [0, 0.05) is 26.8 Å². The third kappa shape index (κ3) is 4.57. The quantitative estimate of drug-likeness (QED) is 0.167. The number of rotatable bonds is 5. The van der Waals surface area contributed by atoms with Crippen LogP contribution in [0.3, 0.4) is 0 Å². The van der Waals surface area contributed by atoms with E-state index in [1.54, 1.807) is 0 Å². The van der Waals surface area contributed by atoms with Gasteiger partial charge in [0.05, 0.1) is 21.2 Å². The van der Waals surface area contributed by atoms with Crippen LogP contribution in [-0.2, 0) is 10.8 Å². The van der Waals surface area contributed by atoms with Gasteiger partial charge in [0.15, 0.2) is 0 Å². The van der Waals surface area contributed by atoms with Crippen LogP contribution >= 0.6 is 11.3 Å². The standard InChI is InChI=1S/C62H39NS/c1-3-18-40(19-4-1)61(41-20-5-2-6-21-41)52-28-12-7-24-46(52)48-36-34-43(39-57(48)61)63(58-32-17-27-50-49-26-11-16-33-59(49)64-60(50)58)42-35-37-56-51(38-42)47-25-10-15-31-55(47)62(56)53-29-13-8-22-44(53)45-23-9-14-30-54(45)62/h1-39H. The molecule has 298 valence electrons. The first-order valence-electron chi connectivity index (χ1n) is 22.3. The lowest BCUT2D eigenvalue weighted by Gasteiger charge is -2.35.